The summed E-state index contributed by atoms with van der Waals surface area (Å²) in [5, 5.41) is 1.16. The van der Waals surface area contributed by atoms with Gasteiger partial charge in [0.05, 0.1) is 0 Å². The van der Waals surface area contributed by atoms with Crippen LogP contribution in [0.5, 0.6) is 0 Å². The Morgan fingerprint density at radius 1 is 1.11 bits per heavy atom. The summed E-state index contributed by atoms with van der Waals surface area (Å²) >= 11 is 3.82. The minimum Gasteiger partial charge on any atom is -0.303 e. The zero-order valence-electron chi connectivity index (χ0n) is 13.6. The molecule has 114 valence electrons. The summed E-state index contributed by atoms with van der Waals surface area (Å²) in [7, 11) is 2.37. The molecule has 1 fully saturated rings. The molecule has 1 saturated carbocycles. The number of hydrogen-bond acceptors (Lipinski definition) is 1. The van der Waals surface area contributed by atoms with Crippen molar-refractivity contribution in [3.63, 3.8) is 0 Å². The quantitative estimate of drug-likeness (QED) is 0.532. The molecule has 1 rings (SSSR count). The van der Waals surface area contributed by atoms with E-state index in [9.17, 15) is 0 Å². The molecule has 1 aliphatic rings. The molecule has 0 heterocycles. The Kier molecular flexibility index (Phi) is 7.98. The van der Waals surface area contributed by atoms with Crippen molar-refractivity contribution < 1.29 is 0 Å². The van der Waals surface area contributed by atoms with Crippen LogP contribution in [0.2, 0.25) is 0 Å². The van der Waals surface area contributed by atoms with E-state index in [1.54, 1.807) is 0 Å². The first kappa shape index (κ1) is 17.5. The molecule has 0 aromatic heterocycles. The summed E-state index contributed by atoms with van der Waals surface area (Å²) in [6.45, 7) is 8.39. The maximum absolute atomic E-state index is 3.82. The van der Waals surface area contributed by atoms with Gasteiger partial charge < -0.3 is 4.90 Å². The molecule has 0 spiro atoms. The van der Waals surface area contributed by atoms with Crippen molar-refractivity contribution in [1.82, 2.24) is 4.90 Å². The molecule has 2 atom stereocenters. The van der Waals surface area contributed by atoms with Crippen molar-refractivity contribution in [2.75, 3.05) is 18.9 Å². The predicted molar refractivity (Wildman–Crippen MR) is 90.1 cm³/mol. The molecule has 1 aliphatic carbocycles. The Balaban J connectivity index is 2.65. The fourth-order valence-electron chi connectivity index (χ4n) is 4.12. The van der Waals surface area contributed by atoms with Gasteiger partial charge in [-0.2, -0.15) is 0 Å². The van der Waals surface area contributed by atoms with Gasteiger partial charge in [0.1, 0.15) is 0 Å². The lowest BCUT2D eigenvalue weighted by Gasteiger charge is -2.42. The first-order valence-corrected chi connectivity index (χ1v) is 9.47. The molecule has 19 heavy (non-hydrogen) atoms. The lowest BCUT2D eigenvalue weighted by atomic mass is 9.79. The monoisotopic (exact) mass is 331 g/mol. The molecule has 0 aliphatic heterocycles. The van der Waals surface area contributed by atoms with Gasteiger partial charge in [-0.3, -0.25) is 0 Å². The minimum atomic E-state index is 0.495. The normalized spacial score (nSPS) is 24.9. The molecule has 1 nitrogen and oxygen atoms in total. The lowest BCUT2D eigenvalue weighted by molar-refractivity contribution is 0.0836. The molecule has 0 N–H and O–H groups in total. The lowest BCUT2D eigenvalue weighted by Crippen LogP contribution is -2.45. The molecule has 0 radical (unpaired) electrons. The second-order valence-corrected chi connectivity index (χ2v) is 7.44. The van der Waals surface area contributed by atoms with E-state index in [0.717, 1.165) is 17.3 Å². The summed E-state index contributed by atoms with van der Waals surface area (Å²) in [5.74, 6) is 0.884. The third-order valence-corrected chi connectivity index (χ3v) is 6.25. The van der Waals surface area contributed by atoms with Gasteiger partial charge in [0.25, 0.3) is 0 Å². The molecular formula is C17H34BrN. The molecule has 0 saturated heterocycles. The summed E-state index contributed by atoms with van der Waals surface area (Å²) in [4.78, 5) is 2.69. The van der Waals surface area contributed by atoms with Gasteiger partial charge in [0, 0.05) is 17.9 Å². The molecular weight excluding hydrogens is 298 g/mol. The van der Waals surface area contributed by atoms with E-state index >= 15 is 0 Å². The largest absolute Gasteiger partial charge is 0.303 e. The first-order chi connectivity index (χ1) is 9.08. The number of rotatable bonds is 8. The highest BCUT2D eigenvalue weighted by molar-refractivity contribution is 9.09. The maximum Gasteiger partial charge on any atom is 0.0118 e. The Hall–Kier alpha value is 0.440. The van der Waals surface area contributed by atoms with E-state index in [1.165, 1.54) is 57.9 Å². The Morgan fingerprint density at radius 2 is 1.68 bits per heavy atom. The summed E-state index contributed by atoms with van der Waals surface area (Å²) in [6.07, 6.45) is 11.0. The Labute approximate surface area is 129 Å². The van der Waals surface area contributed by atoms with Crippen molar-refractivity contribution in [1.29, 1.82) is 0 Å². The van der Waals surface area contributed by atoms with E-state index in [1.807, 2.05) is 0 Å². The van der Waals surface area contributed by atoms with Crippen LogP contribution >= 0.6 is 15.9 Å². The van der Waals surface area contributed by atoms with Gasteiger partial charge in [-0.25, -0.2) is 0 Å². The van der Waals surface area contributed by atoms with Gasteiger partial charge in [-0.15, -0.1) is 0 Å². The van der Waals surface area contributed by atoms with E-state index in [-0.39, 0.29) is 0 Å². The van der Waals surface area contributed by atoms with Crippen LogP contribution in [0, 0.1) is 11.3 Å². The highest BCUT2D eigenvalue weighted by Crippen LogP contribution is 2.35. The van der Waals surface area contributed by atoms with Gasteiger partial charge in [0.15, 0.2) is 0 Å². The van der Waals surface area contributed by atoms with E-state index in [0.29, 0.717) is 5.41 Å². The zero-order chi connectivity index (χ0) is 14.3. The van der Waals surface area contributed by atoms with Crippen LogP contribution < -0.4 is 0 Å². The predicted octanol–water partition coefficient (Wildman–Crippen LogP) is 5.48. The topological polar surface area (TPSA) is 3.24 Å². The van der Waals surface area contributed by atoms with Crippen LogP contribution in [0.25, 0.3) is 0 Å². The van der Waals surface area contributed by atoms with E-state index in [2.05, 4.69) is 48.6 Å². The van der Waals surface area contributed by atoms with Gasteiger partial charge in [-0.1, -0.05) is 62.4 Å². The number of nitrogens with zero attached hydrogens (tertiary/aromatic N) is 1. The average Bonchev–Trinajstić information content (AvgIpc) is 2.39. The van der Waals surface area contributed by atoms with Gasteiger partial charge in [0.2, 0.25) is 0 Å². The standard InChI is InChI=1S/C17H34BrN/c1-5-11-17(13-18,12-6-2)14-19(4)16-10-8-7-9-15(16)3/h15-16H,5-14H2,1-4H3. The second kappa shape index (κ2) is 8.67. The number of hydrogen-bond donors (Lipinski definition) is 0. The van der Waals surface area contributed by atoms with Crippen molar-refractivity contribution in [3.8, 4) is 0 Å². The number of halogens is 1. The maximum atomic E-state index is 3.82. The van der Waals surface area contributed by atoms with Crippen LogP contribution in [-0.2, 0) is 0 Å². The van der Waals surface area contributed by atoms with Crippen molar-refractivity contribution in [3.05, 3.63) is 0 Å². The zero-order valence-corrected chi connectivity index (χ0v) is 15.1. The number of alkyl halides is 1. The van der Waals surface area contributed by atoms with Crippen LogP contribution in [0.15, 0.2) is 0 Å². The van der Waals surface area contributed by atoms with Crippen LogP contribution in [0.1, 0.15) is 72.1 Å². The Bertz CT molecular complexity index is 235. The fourth-order valence-corrected chi connectivity index (χ4v) is 4.86. The van der Waals surface area contributed by atoms with Crippen molar-refractivity contribution in [2.45, 2.75) is 78.2 Å². The van der Waals surface area contributed by atoms with Gasteiger partial charge in [-0.05, 0) is 44.1 Å². The Morgan fingerprint density at radius 3 is 2.16 bits per heavy atom. The molecule has 0 aromatic rings. The first-order valence-electron chi connectivity index (χ1n) is 8.34. The SMILES string of the molecule is CCCC(CBr)(CCC)CN(C)C1CCCCC1C. The van der Waals surface area contributed by atoms with Gasteiger partial charge >= 0.3 is 0 Å². The van der Waals surface area contributed by atoms with Crippen molar-refractivity contribution >= 4 is 15.9 Å². The highest BCUT2D eigenvalue weighted by atomic mass is 79.9. The van der Waals surface area contributed by atoms with Crippen LogP contribution in [0.3, 0.4) is 0 Å². The summed E-state index contributed by atoms with van der Waals surface area (Å²) in [5.41, 5.74) is 0.495. The molecule has 0 bridgehead atoms. The van der Waals surface area contributed by atoms with E-state index < -0.39 is 0 Å². The summed E-state index contributed by atoms with van der Waals surface area (Å²) in [6, 6.07) is 0.820. The van der Waals surface area contributed by atoms with Crippen molar-refractivity contribution in [2.24, 2.45) is 11.3 Å². The fraction of sp³-hybridized carbons (Fsp3) is 1.00. The summed E-state index contributed by atoms with van der Waals surface area (Å²) < 4.78 is 0. The molecule has 0 aromatic carbocycles. The third-order valence-electron chi connectivity index (χ3n) is 5.06. The molecule has 2 unspecified atom stereocenters. The van der Waals surface area contributed by atoms with Crippen LogP contribution in [0.4, 0.5) is 0 Å². The minimum absolute atomic E-state index is 0.495. The average molecular weight is 332 g/mol. The second-order valence-electron chi connectivity index (χ2n) is 6.88. The van der Waals surface area contributed by atoms with Crippen LogP contribution in [-0.4, -0.2) is 29.9 Å². The van der Waals surface area contributed by atoms with E-state index in [4.69, 9.17) is 0 Å². The highest BCUT2D eigenvalue weighted by Gasteiger charge is 2.33. The third kappa shape index (κ3) is 5.04. The molecule has 0 amide bonds. The molecule has 2 heteroatoms. The smallest absolute Gasteiger partial charge is 0.0118 e.